The van der Waals surface area contributed by atoms with E-state index in [9.17, 15) is 15.2 Å². The van der Waals surface area contributed by atoms with Crippen LogP contribution in [0, 0.1) is 29.6 Å². The Morgan fingerprint density at radius 3 is 2.67 bits per heavy atom. The number of hydrogen-bond acceptors (Lipinski definition) is 6. The molecular weight excluding hydrogens is 502 g/mol. The van der Waals surface area contributed by atoms with Crippen LogP contribution in [-0.4, -0.2) is 48.4 Å². The van der Waals surface area contributed by atoms with Crippen molar-refractivity contribution >= 4 is 18.1 Å². The summed E-state index contributed by atoms with van der Waals surface area (Å²) < 4.78 is 11.6. The van der Waals surface area contributed by atoms with Crippen molar-refractivity contribution in [1.29, 1.82) is 10.5 Å². The smallest absolute Gasteiger partial charge is 0.323 e. The number of carbonyl (C=O) groups is 1. The topological polar surface area (TPSA) is 107 Å². The first-order valence-corrected chi connectivity index (χ1v) is 13.5. The van der Waals surface area contributed by atoms with Gasteiger partial charge in [-0.1, -0.05) is 66.7 Å². The minimum absolute atomic E-state index is 0.133. The van der Waals surface area contributed by atoms with Gasteiger partial charge >= 0.3 is 5.97 Å². The quantitative estimate of drug-likeness (QED) is 0.235. The lowest BCUT2D eigenvalue weighted by molar-refractivity contribution is -0.150. The Balaban J connectivity index is 1.72. The molecule has 4 rings (SSSR count). The number of unbranched alkanes of at least 4 members (excludes halogenated alkanes) is 2. The summed E-state index contributed by atoms with van der Waals surface area (Å²) in [5.41, 5.74) is 6.07. The zero-order chi connectivity index (χ0) is 28.3. The van der Waals surface area contributed by atoms with Crippen LogP contribution in [0.2, 0.25) is 0 Å². The molecule has 1 N–H and O–H groups in total. The summed E-state index contributed by atoms with van der Waals surface area (Å²) in [6.07, 6.45) is 5.92. The van der Waals surface area contributed by atoms with E-state index in [1.807, 2.05) is 84.6 Å². The molecule has 40 heavy (non-hydrogen) atoms. The Kier molecular flexibility index (Phi) is 10.1. The van der Waals surface area contributed by atoms with E-state index in [1.54, 1.807) is 0 Å². The molecule has 1 atom stereocenters. The van der Waals surface area contributed by atoms with E-state index in [4.69, 9.17) is 14.7 Å². The molecule has 1 fully saturated rings. The van der Waals surface area contributed by atoms with Crippen LogP contribution < -0.4 is 4.74 Å². The average molecular weight is 536 g/mol. The van der Waals surface area contributed by atoms with E-state index in [0.29, 0.717) is 44.0 Å². The molecule has 7 nitrogen and oxygen atoms in total. The van der Waals surface area contributed by atoms with Crippen LogP contribution >= 0.6 is 0 Å². The molecule has 0 aromatic heterocycles. The van der Waals surface area contributed by atoms with Gasteiger partial charge in [0.2, 0.25) is 0 Å². The minimum Gasteiger partial charge on any atom is -0.493 e. The van der Waals surface area contributed by atoms with Crippen LogP contribution in [0.5, 0.6) is 5.75 Å². The third-order valence-corrected chi connectivity index (χ3v) is 7.08. The van der Waals surface area contributed by atoms with Gasteiger partial charge in [0.25, 0.3) is 0 Å². The predicted octanol–water partition coefficient (Wildman–Crippen LogP) is 6.06. The van der Waals surface area contributed by atoms with Crippen LogP contribution in [0.4, 0.5) is 0 Å². The summed E-state index contributed by atoms with van der Waals surface area (Å²) >= 11 is 0. The van der Waals surface area contributed by atoms with Crippen molar-refractivity contribution in [3.63, 3.8) is 0 Å². The number of aliphatic carboxylic acids is 1. The van der Waals surface area contributed by atoms with E-state index in [0.717, 1.165) is 46.2 Å². The normalized spacial score (nSPS) is 15.4. The fraction of sp³-hybridized carbons (Fsp3) is 0.303. The molecule has 1 unspecified atom stereocenters. The van der Waals surface area contributed by atoms with E-state index in [2.05, 4.69) is 12.1 Å². The number of carboxylic acids is 1. The third-order valence-electron chi connectivity index (χ3n) is 7.08. The van der Waals surface area contributed by atoms with Gasteiger partial charge in [0.05, 0.1) is 31.5 Å². The average Bonchev–Trinajstić information content (AvgIpc) is 2.98. The van der Waals surface area contributed by atoms with Crippen LogP contribution in [0.15, 0.2) is 60.7 Å². The van der Waals surface area contributed by atoms with Gasteiger partial charge in [-0.05, 0) is 48.1 Å². The largest absolute Gasteiger partial charge is 0.493 e. The molecule has 0 aliphatic carbocycles. The van der Waals surface area contributed by atoms with Crippen molar-refractivity contribution in [1.82, 2.24) is 4.90 Å². The lowest BCUT2D eigenvalue weighted by Crippen LogP contribution is -2.49. The van der Waals surface area contributed by atoms with Crippen molar-refractivity contribution in [2.24, 2.45) is 0 Å². The molecule has 1 aliphatic rings. The Morgan fingerprint density at radius 1 is 1.10 bits per heavy atom. The van der Waals surface area contributed by atoms with Crippen molar-refractivity contribution in [3.8, 4) is 29.0 Å². The number of hydrogen-bond donors (Lipinski definition) is 1. The zero-order valence-corrected chi connectivity index (χ0v) is 22.7. The molecular formula is C33H33N3O4. The molecule has 0 radical (unpaired) electrons. The molecule has 1 heterocycles. The second-order valence-corrected chi connectivity index (χ2v) is 9.72. The lowest BCUT2D eigenvalue weighted by Gasteiger charge is -2.33. The molecule has 0 amide bonds. The van der Waals surface area contributed by atoms with Crippen molar-refractivity contribution in [2.75, 3.05) is 26.4 Å². The first kappa shape index (κ1) is 28.6. The molecule has 204 valence electrons. The summed E-state index contributed by atoms with van der Waals surface area (Å²) in [6.45, 7) is 3.94. The summed E-state index contributed by atoms with van der Waals surface area (Å²) in [6, 6.07) is 23.4. The van der Waals surface area contributed by atoms with Crippen LogP contribution in [-0.2, 0) is 16.1 Å². The molecule has 0 spiro atoms. The summed E-state index contributed by atoms with van der Waals surface area (Å²) in [5, 5.41) is 28.7. The molecule has 3 aromatic rings. The monoisotopic (exact) mass is 535 g/mol. The second kappa shape index (κ2) is 14.1. The van der Waals surface area contributed by atoms with Crippen molar-refractivity contribution in [2.45, 2.75) is 38.8 Å². The van der Waals surface area contributed by atoms with Gasteiger partial charge in [0.15, 0.2) is 0 Å². The Labute approximate surface area is 235 Å². The Hall–Kier alpha value is -4.43. The summed E-state index contributed by atoms with van der Waals surface area (Å²) in [7, 11) is 0. The lowest BCUT2D eigenvalue weighted by atomic mass is 9.94. The van der Waals surface area contributed by atoms with Gasteiger partial charge in [-0.3, -0.25) is 9.69 Å². The fourth-order valence-corrected chi connectivity index (χ4v) is 4.90. The van der Waals surface area contributed by atoms with Gasteiger partial charge in [0, 0.05) is 30.6 Å². The maximum absolute atomic E-state index is 12.0. The number of aryl methyl sites for hydroxylation is 1. The number of ether oxygens (including phenoxy) is 2. The Morgan fingerprint density at radius 2 is 1.93 bits per heavy atom. The number of nitrogens with zero attached hydrogens (tertiary/aromatic N) is 3. The van der Waals surface area contributed by atoms with Gasteiger partial charge in [-0.15, -0.1) is 0 Å². The van der Waals surface area contributed by atoms with Crippen LogP contribution in [0.3, 0.4) is 0 Å². The SMILES string of the molecule is Cc1ccc(OCCCCC#N)c(CN2CCOCC2C(=O)O)c1/C=C/c1cccc(-c2ccccc2)c1C#N. The molecule has 1 aliphatic heterocycles. The van der Waals surface area contributed by atoms with Gasteiger partial charge in [-0.2, -0.15) is 10.5 Å². The highest BCUT2D eigenvalue weighted by Gasteiger charge is 2.30. The first-order valence-electron chi connectivity index (χ1n) is 13.5. The van der Waals surface area contributed by atoms with Crippen LogP contribution in [0.25, 0.3) is 23.3 Å². The number of carboxylic acid groups (broad SMARTS) is 1. The minimum atomic E-state index is -0.917. The Bertz CT molecular complexity index is 1440. The van der Waals surface area contributed by atoms with E-state index in [1.165, 1.54) is 0 Å². The van der Waals surface area contributed by atoms with E-state index >= 15 is 0 Å². The summed E-state index contributed by atoms with van der Waals surface area (Å²) in [5.74, 6) is -0.226. The van der Waals surface area contributed by atoms with Crippen molar-refractivity contribution < 1.29 is 19.4 Å². The predicted molar refractivity (Wildman–Crippen MR) is 154 cm³/mol. The molecule has 0 saturated carbocycles. The number of morpholine rings is 1. The standard InChI is InChI=1S/C33H33N3O4/c1-24-13-16-32(40-19-7-3-6-17-34)30(22-36-18-20-39-23-31(36)33(37)38)27(24)15-14-26-11-8-12-28(29(26)21-35)25-9-4-2-5-10-25/h2,4-5,8-16,31H,3,6-7,18-20,22-23H2,1H3,(H,37,38)/b15-14+. The van der Waals surface area contributed by atoms with E-state index < -0.39 is 12.0 Å². The maximum atomic E-state index is 12.0. The maximum Gasteiger partial charge on any atom is 0.323 e. The molecule has 1 saturated heterocycles. The molecule has 3 aromatic carbocycles. The van der Waals surface area contributed by atoms with Crippen LogP contribution in [0.1, 0.15) is 47.1 Å². The highest BCUT2D eigenvalue weighted by molar-refractivity contribution is 5.81. The van der Waals surface area contributed by atoms with Gasteiger partial charge in [-0.25, -0.2) is 0 Å². The van der Waals surface area contributed by atoms with Gasteiger partial charge < -0.3 is 14.6 Å². The molecule has 7 heteroatoms. The number of rotatable bonds is 11. The van der Waals surface area contributed by atoms with E-state index in [-0.39, 0.29) is 6.61 Å². The van der Waals surface area contributed by atoms with Crippen molar-refractivity contribution in [3.05, 3.63) is 88.5 Å². The highest BCUT2D eigenvalue weighted by Crippen LogP contribution is 2.32. The van der Waals surface area contributed by atoms with Gasteiger partial charge in [0.1, 0.15) is 17.9 Å². The summed E-state index contributed by atoms with van der Waals surface area (Å²) in [4.78, 5) is 13.9. The first-order chi connectivity index (χ1) is 19.5. The second-order valence-electron chi connectivity index (χ2n) is 9.72. The fourth-order valence-electron chi connectivity index (χ4n) is 4.90. The molecule has 0 bridgehead atoms. The highest BCUT2D eigenvalue weighted by atomic mass is 16.5. The number of benzene rings is 3. The third kappa shape index (κ3) is 6.95. The zero-order valence-electron chi connectivity index (χ0n) is 22.7. The number of nitriles is 2.